The van der Waals surface area contributed by atoms with E-state index in [1.165, 1.54) is 6.07 Å². The third-order valence-corrected chi connectivity index (χ3v) is 4.09. The number of fused-ring (bicyclic) bond motifs is 2. The van der Waals surface area contributed by atoms with E-state index in [9.17, 15) is 15.0 Å². The molecule has 3 rings (SSSR count). The van der Waals surface area contributed by atoms with Crippen molar-refractivity contribution in [1.29, 1.82) is 0 Å². The summed E-state index contributed by atoms with van der Waals surface area (Å²) in [4.78, 5) is 12.7. The minimum absolute atomic E-state index is 0.0380. The quantitative estimate of drug-likeness (QED) is 0.717. The number of hydrogen-bond donors (Lipinski definition) is 2. The second kappa shape index (κ2) is 6.04. The van der Waals surface area contributed by atoms with E-state index in [4.69, 9.17) is 4.74 Å². The van der Waals surface area contributed by atoms with Crippen molar-refractivity contribution in [2.45, 2.75) is 27.2 Å². The fourth-order valence-electron chi connectivity index (χ4n) is 3.02. The number of carbonyl (C=O) groups excluding carboxylic acids is 1. The predicted octanol–water partition coefficient (Wildman–Crippen LogP) is 3.89. The Balaban J connectivity index is 2.01. The van der Waals surface area contributed by atoms with Crippen molar-refractivity contribution in [3.8, 4) is 17.2 Å². The molecule has 0 fully saturated rings. The number of phenolic OH excluding ortho intramolecular Hbond substituents is 2. The molecule has 0 radical (unpaired) electrons. The van der Waals surface area contributed by atoms with Gasteiger partial charge in [0, 0.05) is 6.07 Å². The molecule has 2 N–H and O–H groups in total. The Morgan fingerprint density at radius 2 is 1.71 bits per heavy atom. The molecule has 4 nitrogen and oxygen atoms in total. The average Bonchev–Trinajstić information content (AvgIpc) is 2.45. The van der Waals surface area contributed by atoms with Crippen LogP contribution in [-0.4, -0.2) is 22.6 Å². The van der Waals surface area contributed by atoms with Crippen molar-refractivity contribution in [3.63, 3.8) is 0 Å². The molecule has 0 aromatic heterocycles. The smallest absolute Gasteiger partial charge is 0.201 e. The van der Waals surface area contributed by atoms with Crippen LogP contribution in [0, 0.1) is 6.92 Å². The van der Waals surface area contributed by atoms with Crippen molar-refractivity contribution in [1.82, 2.24) is 0 Å². The average molecular weight is 324 g/mol. The topological polar surface area (TPSA) is 66.8 Å². The molecule has 124 valence electrons. The molecule has 24 heavy (non-hydrogen) atoms. The van der Waals surface area contributed by atoms with E-state index in [2.05, 4.69) is 0 Å². The summed E-state index contributed by atoms with van der Waals surface area (Å²) in [6, 6.07) is 6.69. The number of ether oxygens (including phenoxy) is 1. The Morgan fingerprint density at radius 3 is 2.38 bits per heavy atom. The number of ketones is 1. The highest BCUT2D eigenvalue weighted by molar-refractivity contribution is 6.15. The van der Waals surface area contributed by atoms with Crippen LogP contribution in [0.5, 0.6) is 17.2 Å². The number of rotatable bonds is 3. The maximum Gasteiger partial charge on any atom is 0.201 e. The maximum absolute atomic E-state index is 12.7. The zero-order valence-electron chi connectivity index (χ0n) is 14.0. The number of benzene rings is 2. The number of aromatic hydroxyl groups is 2. The molecule has 0 atom stereocenters. The van der Waals surface area contributed by atoms with Gasteiger partial charge in [0.2, 0.25) is 5.78 Å². The Hall–Kier alpha value is -2.75. The number of allylic oxidation sites excluding steroid dienone is 1. The van der Waals surface area contributed by atoms with Gasteiger partial charge in [-0.1, -0.05) is 11.6 Å². The molecular formula is C20H20O4. The van der Waals surface area contributed by atoms with Gasteiger partial charge >= 0.3 is 0 Å². The van der Waals surface area contributed by atoms with Gasteiger partial charge < -0.3 is 14.9 Å². The molecule has 1 aliphatic rings. The van der Waals surface area contributed by atoms with Gasteiger partial charge in [-0.15, -0.1) is 0 Å². The summed E-state index contributed by atoms with van der Waals surface area (Å²) in [6.07, 6.45) is 2.41. The van der Waals surface area contributed by atoms with Crippen LogP contribution in [-0.2, 0) is 6.42 Å². The maximum atomic E-state index is 12.7. The van der Waals surface area contributed by atoms with Crippen LogP contribution in [0.15, 0.2) is 35.9 Å². The summed E-state index contributed by atoms with van der Waals surface area (Å²) >= 11 is 0. The first-order chi connectivity index (χ1) is 11.4. The minimum Gasteiger partial charge on any atom is -0.507 e. The summed E-state index contributed by atoms with van der Waals surface area (Å²) in [5.41, 5.74) is 4.04. The predicted molar refractivity (Wildman–Crippen MR) is 92.1 cm³/mol. The first-order valence-corrected chi connectivity index (χ1v) is 7.86. The lowest BCUT2D eigenvalue weighted by Crippen LogP contribution is -2.16. The molecule has 2 aromatic carbocycles. The van der Waals surface area contributed by atoms with Crippen molar-refractivity contribution < 1.29 is 19.7 Å². The normalized spacial score (nSPS) is 12.4. The van der Waals surface area contributed by atoms with Gasteiger partial charge in [0.1, 0.15) is 23.9 Å². The Bertz CT molecular complexity index is 858. The van der Waals surface area contributed by atoms with Crippen molar-refractivity contribution in [2.24, 2.45) is 0 Å². The van der Waals surface area contributed by atoms with Gasteiger partial charge in [0.15, 0.2) is 0 Å². The van der Waals surface area contributed by atoms with E-state index in [0.29, 0.717) is 24.3 Å². The highest BCUT2D eigenvalue weighted by Crippen LogP contribution is 2.39. The highest BCUT2D eigenvalue weighted by atomic mass is 16.5. The molecule has 4 heteroatoms. The van der Waals surface area contributed by atoms with Gasteiger partial charge in [0.25, 0.3) is 0 Å². The lowest BCUT2D eigenvalue weighted by Gasteiger charge is -2.21. The number of phenols is 2. The standard InChI is InChI=1S/C20H20O4/c1-11(2)4-5-24-15-9-14-8-13-6-12(3)7-16(21)18(13)20(23)19(14)17(22)10-15/h4,6-7,9-10,21-22H,5,8H2,1-3H3. The molecule has 1 aliphatic carbocycles. The van der Waals surface area contributed by atoms with E-state index in [1.54, 1.807) is 12.1 Å². The fourth-order valence-corrected chi connectivity index (χ4v) is 3.02. The first-order valence-electron chi connectivity index (χ1n) is 7.86. The Morgan fingerprint density at radius 1 is 1.08 bits per heavy atom. The Labute approximate surface area is 141 Å². The van der Waals surface area contributed by atoms with Crippen LogP contribution < -0.4 is 4.74 Å². The third kappa shape index (κ3) is 2.87. The molecule has 0 saturated heterocycles. The van der Waals surface area contributed by atoms with E-state index in [0.717, 1.165) is 16.7 Å². The van der Waals surface area contributed by atoms with Crippen LogP contribution in [0.1, 0.15) is 46.5 Å². The van der Waals surface area contributed by atoms with Crippen molar-refractivity contribution in [3.05, 3.63) is 63.7 Å². The summed E-state index contributed by atoms with van der Waals surface area (Å²) < 4.78 is 5.64. The van der Waals surface area contributed by atoms with Gasteiger partial charge in [-0.3, -0.25) is 4.79 Å². The van der Waals surface area contributed by atoms with Gasteiger partial charge in [-0.2, -0.15) is 0 Å². The van der Waals surface area contributed by atoms with E-state index in [1.807, 2.05) is 32.9 Å². The summed E-state index contributed by atoms with van der Waals surface area (Å²) in [6.45, 7) is 6.25. The monoisotopic (exact) mass is 324 g/mol. The molecule has 0 heterocycles. The molecule has 0 spiro atoms. The van der Waals surface area contributed by atoms with Crippen LogP contribution in [0.4, 0.5) is 0 Å². The summed E-state index contributed by atoms with van der Waals surface area (Å²) in [7, 11) is 0. The number of aryl methyl sites for hydroxylation is 1. The molecule has 0 aliphatic heterocycles. The SMILES string of the molecule is CC(C)=CCOc1cc(O)c2c(c1)Cc1cc(C)cc(O)c1C2=O. The summed E-state index contributed by atoms with van der Waals surface area (Å²) in [5.74, 6) is 0.0215. The van der Waals surface area contributed by atoms with Crippen LogP contribution >= 0.6 is 0 Å². The molecule has 0 bridgehead atoms. The molecular weight excluding hydrogens is 304 g/mol. The zero-order valence-corrected chi connectivity index (χ0v) is 14.0. The largest absolute Gasteiger partial charge is 0.507 e. The molecule has 0 unspecified atom stereocenters. The minimum atomic E-state index is -0.350. The van der Waals surface area contributed by atoms with Crippen molar-refractivity contribution in [2.75, 3.05) is 6.61 Å². The Kier molecular flexibility index (Phi) is 4.06. The molecule has 0 amide bonds. The van der Waals surface area contributed by atoms with Crippen LogP contribution in [0.25, 0.3) is 0 Å². The van der Waals surface area contributed by atoms with E-state index >= 15 is 0 Å². The molecule has 2 aromatic rings. The summed E-state index contributed by atoms with van der Waals surface area (Å²) in [5, 5.41) is 20.4. The second-order valence-corrected chi connectivity index (χ2v) is 6.39. The highest BCUT2D eigenvalue weighted by Gasteiger charge is 2.29. The third-order valence-electron chi connectivity index (χ3n) is 4.09. The zero-order chi connectivity index (χ0) is 17.4. The lowest BCUT2D eigenvalue weighted by atomic mass is 9.83. The van der Waals surface area contributed by atoms with Gasteiger partial charge in [-0.25, -0.2) is 0 Å². The fraction of sp³-hybridized carbons (Fsp3) is 0.250. The number of carbonyl (C=O) groups is 1. The first kappa shape index (κ1) is 16.1. The second-order valence-electron chi connectivity index (χ2n) is 6.39. The van der Waals surface area contributed by atoms with Crippen LogP contribution in [0.3, 0.4) is 0 Å². The molecule has 0 saturated carbocycles. The van der Waals surface area contributed by atoms with Crippen LogP contribution in [0.2, 0.25) is 0 Å². The van der Waals surface area contributed by atoms with E-state index < -0.39 is 0 Å². The van der Waals surface area contributed by atoms with Crippen molar-refractivity contribution >= 4 is 5.78 Å². The lowest BCUT2D eigenvalue weighted by molar-refractivity contribution is 0.102. The van der Waals surface area contributed by atoms with Gasteiger partial charge in [-0.05, 0) is 62.1 Å². The number of hydrogen-bond acceptors (Lipinski definition) is 4. The van der Waals surface area contributed by atoms with E-state index in [-0.39, 0.29) is 28.4 Å². The van der Waals surface area contributed by atoms with Gasteiger partial charge in [0.05, 0.1) is 11.1 Å².